The summed E-state index contributed by atoms with van der Waals surface area (Å²) in [6, 6.07) is 13.5. The van der Waals surface area contributed by atoms with Gasteiger partial charge in [0.1, 0.15) is 5.82 Å². The topological polar surface area (TPSA) is 35.9 Å². The van der Waals surface area contributed by atoms with E-state index in [0.29, 0.717) is 16.9 Å². The second kappa shape index (κ2) is 21.4. The first-order valence-electron chi connectivity index (χ1n) is 37.6. The molecule has 0 aliphatic carbocycles. The Bertz CT molecular complexity index is 5620. The molecule has 0 amide bonds. The second-order valence-corrected chi connectivity index (χ2v) is 24.5. The molecule has 0 aliphatic heterocycles. The summed E-state index contributed by atoms with van der Waals surface area (Å²) >= 11 is 0. The van der Waals surface area contributed by atoms with Gasteiger partial charge in [0, 0.05) is 44.3 Å². The first kappa shape index (κ1) is 31.9. The number of para-hydroxylation sites is 2. The number of nitrogens with zero attached hydrogens (tertiary/aromatic N) is 4. The van der Waals surface area contributed by atoms with Crippen molar-refractivity contribution in [3.8, 4) is 50.9 Å². The van der Waals surface area contributed by atoms with E-state index in [4.69, 9.17) is 28.9 Å². The van der Waals surface area contributed by atoms with Crippen LogP contribution in [0.1, 0.15) is 85.6 Å². The van der Waals surface area contributed by atoms with Crippen molar-refractivity contribution in [2.75, 3.05) is 0 Å². The maximum Gasteiger partial charge on any atom is 0.268 e. The van der Waals surface area contributed by atoms with Crippen molar-refractivity contribution < 1.29 is 63.3 Å². The van der Waals surface area contributed by atoms with Crippen LogP contribution in [0.3, 0.4) is 0 Å². The molecule has 81 heavy (non-hydrogen) atoms. The maximum atomic E-state index is 10.8. The zero-order valence-electron chi connectivity index (χ0n) is 68.4. The molecule has 398 valence electrons. The minimum atomic E-state index is -6.29. The predicted octanol–water partition coefficient (Wildman–Crippen LogP) is 14.9. The Morgan fingerprint density at radius 1 is 0.531 bits per heavy atom. The zero-order valence-corrected chi connectivity index (χ0v) is 47.7. The molecule has 13 rings (SSSR count). The summed E-state index contributed by atoms with van der Waals surface area (Å²) in [5, 5.41) is -2.14. The molecule has 0 radical (unpaired) electrons. The molecule has 0 saturated heterocycles. The summed E-state index contributed by atoms with van der Waals surface area (Å²) < 4.78 is 236. The maximum absolute atomic E-state index is 10.8. The van der Waals surface area contributed by atoms with Gasteiger partial charge in [-0.1, -0.05) is 241 Å². The van der Waals surface area contributed by atoms with Gasteiger partial charge in [0.05, 0.1) is 49.6 Å². The van der Waals surface area contributed by atoms with Crippen molar-refractivity contribution in [1.82, 2.24) is 14.1 Å². The molecule has 3 heterocycles. The van der Waals surface area contributed by atoms with Gasteiger partial charge in [0.2, 0.25) is 0 Å². The SMILES string of the molecule is [2H]c1c([2H])c([2H])c(-c2ccc3c(c2)n(-c2[c-]c(Oc4[c-]c5c(cc4)c4ccccc4n5-c4cc(C(C)(C)C)ccn4)ccc2)[c-][n+]3-c2c(-c3c([2H])c([2H])c([2H])c([Si](c4c([2H])c([2H])c([2H])c([2H])c4[2H])(c4c([2H])c([2H])c([2H])c([2H])c4[2H])c4c([2H])c([2H])c([2H])c([2H])c4[2H])c3[2H])cccc2C(C)(C)C)c([2H])c1[2H].[Pt]. The molecule has 0 atom stereocenters. The van der Waals surface area contributed by atoms with Gasteiger partial charge in [-0.15, -0.1) is 29.7 Å². The first-order valence-corrected chi connectivity index (χ1v) is 27.6. The first-order chi connectivity index (χ1) is 48.9. The third-order valence-electron chi connectivity index (χ3n) is 14.0. The number of rotatable bonds is 11. The van der Waals surface area contributed by atoms with Crippen molar-refractivity contribution in [2.45, 2.75) is 52.4 Å². The van der Waals surface area contributed by atoms with Crippen LogP contribution in [0.15, 0.2) is 254 Å². The Kier molecular flexibility index (Phi) is 8.45. The van der Waals surface area contributed by atoms with E-state index in [9.17, 15) is 13.7 Å². The molecule has 5 nitrogen and oxygen atoms in total. The zero-order chi connectivity index (χ0) is 75.5. The van der Waals surface area contributed by atoms with Crippen LogP contribution in [-0.4, -0.2) is 22.2 Å². The van der Waals surface area contributed by atoms with E-state index in [1.807, 2.05) is 67.8 Å². The van der Waals surface area contributed by atoms with Crippen LogP contribution in [0.2, 0.25) is 0 Å². The summed E-state index contributed by atoms with van der Waals surface area (Å²) in [7, 11) is -6.29. The third kappa shape index (κ3) is 9.67. The van der Waals surface area contributed by atoms with Crippen molar-refractivity contribution in [3.63, 3.8) is 0 Å². The van der Waals surface area contributed by atoms with Crippen LogP contribution in [-0.2, 0) is 31.9 Å². The number of imidazole rings is 1. The van der Waals surface area contributed by atoms with Crippen LogP contribution in [0, 0.1) is 18.5 Å². The van der Waals surface area contributed by atoms with Gasteiger partial charge in [-0.3, -0.25) is 4.57 Å². The van der Waals surface area contributed by atoms with E-state index in [2.05, 4.69) is 39.2 Å². The molecule has 0 aliphatic rings. The van der Waals surface area contributed by atoms with E-state index in [-0.39, 0.29) is 77.1 Å². The minimum Gasteiger partial charge on any atom is -0.510 e. The van der Waals surface area contributed by atoms with E-state index in [1.165, 1.54) is 12.1 Å². The number of hydrogen-bond acceptors (Lipinski definition) is 2. The number of fused-ring (bicyclic) bond motifs is 4. The Morgan fingerprint density at radius 2 is 1.16 bits per heavy atom. The predicted molar refractivity (Wildman–Crippen MR) is 332 cm³/mol. The summed E-state index contributed by atoms with van der Waals surface area (Å²) in [6.45, 7) is 11.9. The summed E-state index contributed by atoms with van der Waals surface area (Å²) in [4.78, 5) is 4.81. The Labute approximate surface area is 524 Å². The van der Waals surface area contributed by atoms with Gasteiger partial charge >= 0.3 is 0 Å². The number of hydrogen-bond donors (Lipinski definition) is 0. The smallest absolute Gasteiger partial charge is 0.268 e. The fraction of sp³-hybridized carbons (Fsp3) is 0.108. The van der Waals surface area contributed by atoms with Gasteiger partial charge < -0.3 is 13.9 Å². The molecule has 0 unspecified atom stereocenters. The normalized spacial score (nSPS) is 16.1. The fourth-order valence-corrected chi connectivity index (χ4v) is 13.8. The van der Waals surface area contributed by atoms with Gasteiger partial charge in [0.15, 0.2) is 8.07 Å². The Hall–Kier alpha value is -8.67. The van der Waals surface area contributed by atoms with Gasteiger partial charge in [-0.2, -0.15) is 18.2 Å². The van der Waals surface area contributed by atoms with Crippen molar-refractivity contribution in [3.05, 3.63) is 284 Å². The molecule has 10 aromatic carbocycles. The Balaban J connectivity index is 0.0000104. The van der Waals surface area contributed by atoms with Crippen LogP contribution in [0.4, 0.5) is 0 Å². The average Bonchev–Trinajstić information content (AvgIpc) is 1.60. The van der Waals surface area contributed by atoms with Gasteiger partial charge in [-0.05, 0) is 100 Å². The molecule has 0 spiro atoms. The molecule has 0 N–H and O–H groups in total. The van der Waals surface area contributed by atoms with Crippen molar-refractivity contribution in [1.29, 1.82) is 0 Å². The number of pyridine rings is 1. The molecule has 13 aromatic rings. The summed E-state index contributed by atoms with van der Waals surface area (Å²) in [5.74, 6) is 1.11. The second-order valence-electron chi connectivity index (χ2n) is 21.0. The largest absolute Gasteiger partial charge is 0.510 e. The summed E-state index contributed by atoms with van der Waals surface area (Å²) in [6.07, 6.45) is 5.22. The average molecular weight is 1270 g/mol. The summed E-state index contributed by atoms with van der Waals surface area (Å²) in [5.41, 5.74) is 1.99. The van der Waals surface area contributed by atoms with E-state index < -0.39 is 185 Å². The molecule has 0 saturated carbocycles. The van der Waals surface area contributed by atoms with Crippen LogP contribution in [0.5, 0.6) is 11.5 Å². The van der Waals surface area contributed by atoms with Crippen molar-refractivity contribution >= 4 is 61.7 Å². The molecular formula is C74H60N4OPtSi-2. The molecule has 3 aromatic heterocycles. The molecule has 0 fully saturated rings. The number of ether oxygens (including phenoxy) is 1. The van der Waals surface area contributed by atoms with Crippen LogP contribution < -0.4 is 30.1 Å². The van der Waals surface area contributed by atoms with E-state index in [0.717, 1.165) is 21.9 Å². The number of aromatic nitrogens is 4. The number of benzene rings is 10. The Morgan fingerprint density at radius 3 is 1.84 bits per heavy atom. The van der Waals surface area contributed by atoms with Crippen LogP contribution in [0.25, 0.3) is 72.3 Å². The molecule has 0 bridgehead atoms. The van der Waals surface area contributed by atoms with Gasteiger partial charge in [0.25, 0.3) is 6.33 Å². The van der Waals surface area contributed by atoms with E-state index >= 15 is 0 Å². The fourth-order valence-electron chi connectivity index (χ4n) is 10.2. The van der Waals surface area contributed by atoms with Crippen LogP contribution >= 0.6 is 0 Å². The quantitative estimate of drug-likeness (QED) is 0.0560. The van der Waals surface area contributed by atoms with E-state index in [1.54, 1.807) is 63.9 Å². The molecular weight excluding hydrogens is 1180 g/mol. The standard InChI is InChI=1S/C74H60N4OSi.Pt/c1-73(2,3)55-44-45-75-71(48-55)78-67-39-20-19-36-64(67)65-42-41-58(50-69(65)78)79-57-28-22-27-56(49-57)76-51-77(68-43-40-53(47-70(68)76)52-24-11-7-12-25-52)72-63(37-23-38-66(72)74(4,5)6)54-26-21-35-62(46-54)80(59-29-13-8-14-30-59,60-31-15-9-16-32-60)61-33-17-10-18-34-61;/h7-48H,1-6H3;/q-2;/i7D,8D,9D,10D,11D,12D,13D,14D,15D,16D,17D,18D,21D,24D,25D,26D,29D,30D,31D,32D,33D,34D,35D,46D;. The minimum absolute atomic E-state index is 0. The third-order valence-corrected chi connectivity index (χ3v) is 18.0. The monoisotopic (exact) mass is 1270 g/mol. The molecule has 7 heteroatoms. The van der Waals surface area contributed by atoms with Gasteiger partial charge in [-0.25, -0.2) is 4.98 Å². The van der Waals surface area contributed by atoms with Crippen molar-refractivity contribution in [2.24, 2.45) is 0 Å².